The van der Waals surface area contributed by atoms with Gasteiger partial charge in [0, 0.05) is 6.20 Å². The van der Waals surface area contributed by atoms with E-state index in [9.17, 15) is 9.70 Å². The van der Waals surface area contributed by atoms with E-state index >= 15 is 0 Å². The number of hydrogen-bond donors (Lipinski definition) is 2. The van der Waals surface area contributed by atoms with Crippen molar-refractivity contribution in [3.05, 3.63) is 27.7 Å². The van der Waals surface area contributed by atoms with Crippen LogP contribution in [0, 0.1) is 4.91 Å². The molecule has 2 N–H and O–H groups in total. The molecule has 6 nitrogen and oxygen atoms in total. The van der Waals surface area contributed by atoms with Crippen molar-refractivity contribution >= 4 is 5.82 Å². The van der Waals surface area contributed by atoms with Crippen LogP contribution in [0.15, 0.2) is 22.3 Å². The number of nitrogens with one attached hydrogen (secondary N) is 2. The van der Waals surface area contributed by atoms with Gasteiger partial charge < -0.3 is 0 Å². The summed E-state index contributed by atoms with van der Waals surface area (Å²) in [6.45, 7) is 0. The Labute approximate surface area is 55.2 Å². The van der Waals surface area contributed by atoms with Gasteiger partial charge in [-0.3, -0.25) is 4.98 Å². The zero-order chi connectivity index (χ0) is 7.40. The normalized spacial score (nSPS) is 8.80. The quantitative estimate of drug-likeness (QED) is 0.442. The molecule has 0 amide bonds. The lowest BCUT2D eigenvalue weighted by Crippen LogP contribution is -2.10. The van der Waals surface area contributed by atoms with E-state index in [4.69, 9.17) is 0 Å². The van der Waals surface area contributed by atoms with Crippen LogP contribution in [0.25, 0.3) is 0 Å². The number of hydrogen-bond acceptors (Lipinski definition) is 4. The monoisotopic (exact) mass is 140 g/mol. The van der Waals surface area contributed by atoms with Crippen LogP contribution >= 0.6 is 0 Å². The Morgan fingerprint density at radius 2 is 2.50 bits per heavy atom. The van der Waals surface area contributed by atoms with E-state index in [0.29, 0.717) is 0 Å². The maximum Gasteiger partial charge on any atom is 0.346 e. The van der Waals surface area contributed by atoms with Crippen molar-refractivity contribution in [2.24, 2.45) is 5.29 Å². The largest absolute Gasteiger partial charge is 0.346 e. The summed E-state index contributed by atoms with van der Waals surface area (Å²) < 4.78 is 0. The van der Waals surface area contributed by atoms with Gasteiger partial charge in [-0.25, -0.2) is 15.2 Å². The summed E-state index contributed by atoms with van der Waals surface area (Å²) in [5.41, 5.74) is 1.50. The van der Waals surface area contributed by atoms with Crippen LogP contribution in [0.1, 0.15) is 0 Å². The van der Waals surface area contributed by atoms with Gasteiger partial charge in [-0.1, -0.05) is 0 Å². The van der Waals surface area contributed by atoms with Gasteiger partial charge in [0.2, 0.25) is 0 Å². The minimum absolute atomic E-state index is 0.231. The fourth-order valence-corrected chi connectivity index (χ4v) is 0.483. The number of nitrogens with zero attached hydrogens (tertiary/aromatic N) is 2. The first-order chi connectivity index (χ1) is 4.83. The van der Waals surface area contributed by atoms with Crippen LogP contribution in [-0.2, 0) is 0 Å². The van der Waals surface area contributed by atoms with Gasteiger partial charge in [0.1, 0.15) is 5.82 Å². The topological polar surface area (TPSA) is 87.2 Å². The van der Waals surface area contributed by atoms with E-state index in [0.717, 1.165) is 0 Å². The fraction of sp³-hybridized carbons (Fsp3) is 0. The second-order valence-corrected chi connectivity index (χ2v) is 1.49. The summed E-state index contributed by atoms with van der Waals surface area (Å²) in [6.07, 6.45) is 1.27. The number of rotatable bonds is 2. The van der Waals surface area contributed by atoms with Gasteiger partial charge in [-0.15, -0.1) is 4.91 Å². The van der Waals surface area contributed by atoms with Crippen LogP contribution in [0.2, 0.25) is 0 Å². The summed E-state index contributed by atoms with van der Waals surface area (Å²) in [5, 5.41) is 2.35. The summed E-state index contributed by atoms with van der Waals surface area (Å²) in [7, 11) is 0. The molecule has 0 fully saturated rings. The standard InChI is InChI=1S/C4H4N4O2/c9-4-5-2-1-3(6-4)7-8-10/h1-2H,(H2,5,6,7,9,10). The molecule has 0 aliphatic rings. The van der Waals surface area contributed by atoms with Crippen LogP contribution < -0.4 is 11.1 Å². The number of anilines is 1. The first-order valence-electron chi connectivity index (χ1n) is 2.46. The lowest BCUT2D eigenvalue weighted by Gasteiger charge is -1.91. The van der Waals surface area contributed by atoms with E-state index in [-0.39, 0.29) is 5.82 Å². The first kappa shape index (κ1) is 6.40. The van der Waals surface area contributed by atoms with Crippen LogP contribution in [-0.4, -0.2) is 9.97 Å². The third kappa shape index (κ3) is 1.38. The molecule has 0 aromatic carbocycles. The van der Waals surface area contributed by atoms with Gasteiger partial charge in [-0.2, -0.15) is 0 Å². The molecule has 0 atom stereocenters. The summed E-state index contributed by atoms with van der Waals surface area (Å²) in [6, 6.07) is 1.42. The first-order valence-corrected chi connectivity index (χ1v) is 2.46. The molecule has 0 bridgehead atoms. The van der Waals surface area contributed by atoms with Gasteiger partial charge in [0.25, 0.3) is 0 Å². The molecule has 1 aromatic rings. The smallest absolute Gasteiger partial charge is 0.291 e. The number of H-pyrrole nitrogens is 1. The third-order valence-electron chi connectivity index (χ3n) is 0.841. The van der Waals surface area contributed by atoms with E-state index in [1.54, 1.807) is 0 Å². The molecule has 0 aliphatic carbocycles. The van der Waals surface area contributed by atoms with Crippen molar-refractivity contribution in [1.82, 2.24) is 9.97 Å². The summed E-state index contributed by atoms with van der Waals surface area (Å²) >= 11 is 0. The molecule has 1 heterocycles. The van der Waals surface area contributed by atoms with Crippen molar-refractivity contribution in [3.8, 4) is 0 Å². The van der Waals surface area contributed by atoms with E-state index in [1.165, 1.54) is 12.3 Å². The molecular weight excluding hydrogens is 136 g/mol. The predicted molar refractivity (Wildman–Crippen MR) is 34.3 cm³/mol. The van der Waals surface area contributed by atoms with Gasteiger partial charge in [0.05, 0.1) is 5.29 Å². The number of aromatic nitrogens is 2. The van der Waals surface area contributed by atoms with Crippen LogP contribution in [0.5, 0.6) is 0 Å². The minimum Gasteiger partial charge on any atom is -0.291 e. The summed E-state index contributed by atoms with van der Waals surface area (Å²) in [4.78, 5) is 25.6. The molecule has 0 spiro atoms. The Balaban J connectivity index is 2.95. The maximum atomic E-state index is 10.4. The van der Waals surface area contributed by atoms with Crippen molar-refractivity contribution < 1.29 is 0 Å². The van der Waals surface area contributed by atoms with E-state index in [1.807, 2.05) is 5.43 Å². The van der Waals surface area contributed by atoms with E-state index in [2.05, 4.69) is 15.3 Å². The second-order valence-electron chi connectivity index (χ2n) is 1.49. The van der Waals surface area contributed by atoms with E-state index < -0.39 is 5.69 Å². The van der Waals surface area contributed by atoms with Crippen molar-refractivity contribution in [1.29, 1.82) is 0 Å². The average Bonchev–Trinajstić information content (AvgIpc) is 1.88. The lowest BCUT2D eigenvalue weighted by molar-refractivity contribution is 1.06. The highest BCUT2D eigenvalue weighted by molar-refractivity contribution is 5.29. The Morgan fingerprint density at radius 1 is 1.70 bits per heavy atom. The Hall–Kier alpha value is -1.72. The zero-order valence-electron chi connectivity index (χ0n) is 4.87. The number of nitroso groups, excluding NO2 is 1. The molecule has 0 saturated heterocycles. The lowest BCUT2D eigenvalue weighted by atomic mass is 10.6. The molecule has 1 aromatic heterocycles. The fourth-order valence-electron chi connectivity index (χ4n) is 0.483. The third-order valence-corrected chi connectivity index (χ3v) is 0.841. The zero-order valence-corrected chi connectivity index (χ0v) is 4.87. The molecule has 0 saturated carbocycles. The Kier molecular flexibility index (Phi) is 1.74. The molecule has 0 radical (unpaired) electrons. The second kappa shape index (κ2) is 2.72. The van der Waals surface area contributed by atoms with Gasteiger partial charge in [-0.05, 0) is 6.07 Å². The summed E-state index contributed by atoms with van der Waals surface area (Å²) in [5.74, 6) is 0.231. The molecule has 10 heavy (non-hydrogen) atoms. The van der Waals surface area contributed by atoms with Crippen molar-refractivity contribution in [2.75, 3.05) is 5.43 Å². The highest BCUT2D eigenvalue weighted by atomic mass is 16.3. The average molecular weight is 140 g/mol. The SMILES string of the molecule is O=NNc1ccnc(=O)[nH]1. The molecular formula is C4H4N4O2. The van der Waals surface area contributed by atoms with Crippen LogP contribution in [0.3, 0.4) is 0 Å². The molecule has 6 heteroatoms. The van der Waals surface area contributed by atoms with Gasteiger partial charge in [0.15, 0.2) is 0 Å². The van der Waals surface area contributed by atoms with Gasteiger partial charge >= 0.3 is 5.69 Å². The number of aromatic amines is 1. The molecule has 52 valence electrons. The Bertz CT molecular complexity index is 281. The highest BCUT2D eigenvalue weighted by Gasteiger charge is 1.88. The van der Waals surface area contributed by atoms with Crippen molar-refractivity contribution in [3.63, 3.8) is 0 Å². The minimum atomic E-state index is -0.520. The maximum absolute atomic E-state index is 10.4. The van der Waals surface area contributed by atoms with Crippen molar-refractivity contribution in [2.45, 2.75) is 0 Å². The molecule has 1 rings (SSSR count). The van der Waals surface area contributed by atoms with Crippen LogP contribution in [0.4, 0.5) is 5.82 Å². The Morgan fingerprint density at radius 3 is 3.10 bits per heavy atom. The predicted octanol–water partition coefficient (Wildman–Crippen LogP) is -0.137. The highest BCUT2D eigenvalue weighted by Crippen LogP contribution is 1.93. The molecule has 0 unspecified atom stereocenters. The molecule has 0 aliphatic heterocycles.